The lowest BCUT2D eigenvalue weighted by atomic mass is 10.1. The number of benzene rings is 1. The van der Waals surface area contributed by atoms with Crippen molar-refractivity contribution in [1.29, 1.82) is 0 Å². The first kappa shape index (κ1) is 15.7. The molecule has 0 aromatic heterocycles. The van der Waals surface area contributed by atoms with Gasteiger partial charge in [-0.05, 0) is 25.5 Å². The molecular weight excluding hydrogens is 288 g/mol. The SMILES string of the molecule is CCC1CN(C(=O)Nc2ccc(C)cc2C(=O)O)CCS1. The van der Waals surface area contributed by atoms with Crippen LogP contribution in [0.2, 0.25) is 0 Å². The van der Waals surface area contributed by atoms with Crippen LogP contribution in [-0.4, -0.2) is 46.1 Å². The molecule has 1 unspecified atom stereocenters. The second kappa shape index (κ2) is 6.85. The molecule has 1 aliphatic heterocycles. The molecule has 0 bridgehead atoms. The number of aromatic carboxylic acids is 1. The van der Waals surface area contributed by atoms with E-state index >= 15 is 0 Å². The number of carbonyl (C=O) groups excluding carboxylic acids is 1. The fourth-order valence-corrected chi connectivity index (χ4v) is 3.47. The van der Waals surface area contributed by atoms with E-state index < -0.39 is 5.97 Å². The van der Waals surface area contributed by atoms with Crippen LogP contribution in [0.3, 0.4) is 0 Å². The molecule has 1 fully saturated rings. The Kier molecular flexibility index (Phi) is 5.12. The van der Waals surface area contributed by atoms with E-state index in [4.69, 9.17) is 0 Å². The van der Waals surface area contributed by atoms with Gasteiger partial charge in [0.1, 0.15) is 0 Å². The van der Waals surface area contributed by atoms with Crippen LogP contribution in [0.15, 0.2) is 18.2 Å². The Balaban J connectivity index is 2.11. The van der Waals surface area contributed by atoms with E-state index in [1.807, 2.05) is 18.7 Å². The van der Waals surface area contributed by atoms with Crippen LogP contribution in [-0.2, 0) is 0 Å². The van der Waals surface area contributed by atoms with Crippen LogP contribution in [0.1, 0.15) is 29.3 Å². The summed E-state index contributed by atoms with van der Waals surface area (Å²) in [7, 11) is 0. The first-order chi connectivity index (χ1) is 10.0. The van der Waals surface area contributed by atoms with Gasteiger partial charge in [0.2, 0.25) is 0 Å². The third kappa shape index (κ3) is 3.91. The second-order valence-corrected chi connectivity index (χ2v) is 6.54. The van der Waals surface area contributed by atoms with Crippen LogP contribution >= 0.6 is 11.8 Å². The Hall–Kier alpha value is -1.69. The molecule has 1 aromatic carbocycles. The topological polar surface area (TPSA) is 69.6 Å². The van der Waals surface area contributed by atoms with Gasteiger partial charge in [-0.3, -0.25) is 0 Å². The number of hydrogen-bond acceptors (Lipinski definition) is 3. The summed E-state index contributed by atoms with van der Waals surface area (Å²) in [5, 5.41) is 12.4. The molecule has 0 saturated carbocycles. The Morgan fingerprint density at radius 3 is 2.90 bits per heavy atom. The maximum Gasteiger partial charge on any atom is 0.337 e. The lowest BCUT2D eigenvalue weighted by Gasteiger charge is -2.32. The number of carbonyl (C=O) groups is 2. The van der Waals surface area contributed by atoms with E-state index in [-0.39, 0.29) is 11.6 Å². The van der Waals surface area contributed by atoms with Gasteiger partial charge < -0.3 is 15.3 Å². The Labute approximate surface area is 128 Å². The van der Waals surface area contributed by atoms with Crippen molar-refractivity contribution in [3.8, 4) is 0 Å². The summed E-state index contributed by atoms with van der Waals surface area (Å²) in [6.45, 7) is 5.34. The number of urea groups is 1. The zero-order valence-corrected chi connectivity index (χ0v) is 13.1. The highest BCUT2D eigenvalue weighted by Gasteiger charge is 2.24. The Morgan fingerprint density at radius 1 is 1.48 bits per heavy atom. The molecule has 21 heavy (non-hydrogen) atoms. The molecule has 114 valence electrons. The Bertz CT molecular complexity index is 548. The maximum absolute atomic E-state index is 12.3. The second-order valence-electron chi connectivity index (χ2n) is 5.13. The van der Waals surface area contributed by atoms with Crippen LogP contribution in [0.4, 0.5) is 10.5 Å². The van der Waals surface area contributed by atoms with E-state index in [0.717, 1.165) is 17.7 Å². The van der Waals surface area contributed by atoms with E-state index in [9.17, 15) is 14.7 Å². The highest BCUT2D eigenvalue weighted by molar-refractivity contribution is 8.00. The number of carboxylic acid groups (broad SMARTS) is 1. The minimum atomic E-state index is -1.03. The van der Waals surface area contributed by atoms with Gasteiger partial charge in [-0.25, -0.2) is 9.59 Å². The highest BCUT2D eigenvalue weighted by Crippen LogP contribution is 2.23. The number of carboxylic acids is 1. The number of anilines is 1. The van der Waals surface area contributed by atoms with Crippen molar-refractivity contribution in [2.24, 2.45) is 0 Å². The van der Waals surface area contributed by atoms with Gasteiger partial charge in [0.15, 0.2) is 0 Å². The standard InChI is InChI=1S/C15H20N2O3S/c1-3-11-9-17(6-7-21-11)15(20)16-13-5-4-10(2)8-12(13)14(18)19/h4-5,8,11H,3,6-7,9H2,1-2H3,(H,16,20)(H,18,19). The molecule has 1 aromatic rings. The molecule has 6 heteroatoms. The van der Waals surface area contributed by atoms with Gasteiger partial charge in [-0.1, -0.05) is 18.6 Å². The molecule has 0 spiro atoms. The molecular formula is C15H20N2O3S. The number of thioether (sulfide) groups is 1. The average molecular weight is 308 g/mol. The van der Waals surface area contributed by atoms with Crippen molar-refractivity contribution in [3.05, 3.63) is 29.3 Å². The predicted octanol–water partition coefficient (Wildman–Crippen LogP) is 3.05. The predicted molar refractivity (Wildman–Crippen MR) is 85.3 cm³/mol. The minimum absolute atomic E-state index is 0.127. The first-order valence-electron chi connectivity index (χ1n) is 7.02. The van der Waals surface area contributed by atoms with Crippen molar-refractivity contribution >= 4 is 29.4 Å². The number of rotatable bonds is 3. The van der Waals surface area contributed by atoms with Crippen molar-refractivity contribution in [2.45, 2.75) is 25.5 Å². The van der Waals surface area contributed by atoms with Gasteiger partial charge in [-0.2, -0.15) is 11.8 Å². The molecule has 0 radical (unpaired) electrons. The fraction of sp³-hybridized carbons (Fsp3) is 0.467. The van der Waals surface area contributed by atoms with Crippen LogP contribution in [0.5, 0.6) is 0 Å². The maximum atomic E-state index is 12.3. The molecule has 2 amide bonds. The monoisotopic (exact) mass is 308 g/mol. The van der Waals surface area contributed by atoms with Gasteiger partial charge in [-0.15, -0.1) is 0 Å². The average Bonchev–Trinajstić information content (AvgIpc) is 2.48. The van der Waals surface area contributed by atoms with Crippen LogP contribution in [0.25, 0.3) is 0 Å². The minimum Gasteiger partial charge on any atom is -0.478 e. The smallest absolute Gasteiger partial charge is 0.337 e. The van der Waals surface area contributed by atoms with Crippen molar-refractivity contribution < 1.29 is 14.7 Å². The normalized spacial score (nSPS) is 18.4. The molecule has 5 nitrogen and oxygen atoms in total. The van der Waals surface area contributed by atoms with E-state index in [0.29, 0.717) is 24.0 Å². The third-order valence-electron chi connectivity index (χ3n) is 3.53. The number of aryl methyl sites for hydroxylation is 1. The summed E-state index contributed by atoms with van der Waals surface area (Å²) in [6, 6.07) is 4.79. The summed E-state index contributed by atoms with van der Waals surface area (Å²) in [6.07, 6.45) is 1.03. The molecule has 1 atom stereocenters. The highest BCUT2D eigenvalue weighted by atomic mass is 32.2. The van der Waals surface area contributed by atoms with Crippen molar-refractivity contribution in [1.82, 2.24) is 4.90 Å². The quantitative estimate of drug-likeness (QED) is 0.900. The van der Waals surface area contributed by atoms with Crippen molar-refractivity contribution in [2.75, 3.05) is 24.2 Å². The zero-order chi connectivity index (χ0) is 15.4. The molecule has 1 aliphatic rings. The Morgan fingerprint density at radius 2 is 2.24 bits per heavy atom. The number of hydrogen-bond donors (Lipinski definition) is 2. The van der Waals surface area contributed by atoms with Gasteiger partial charge in [0.25, 0.3) is 0 Å². The summed E-state index contributed by atoms with van der Waals surface area (Å²) in [4.78, 5) is 25.3. The molecule has 2 N–H and O–H groups in total. The van der Waals surface area contributed by atoms with E-state index in [1.54, 1.807) is 23.1 Å². The van der Waals surface area contributed by atoms with Gasteiger partial charge in [0.05, 0.1) is 11.3 Å². The first-order valence-corrected chi connectivity index (χ1v) is 8.07. The van der Waals surface area contributed by atoms with Gasteiger partial charge in [0, 0.05) is 24.1 Å². The summed E-state index contributed by atoms with van der Waals surface area (Å²) >= 11 is 1.88. The molecule has 1 heterocycles. The van der Waals surface area contributed by atoms with Crippen LogP contribution in [0, 0.1) is 6.92 Å². The lowest BCUT2D eigenvalue weighted by Crippen LogP contribution is -2.44. The molecule has 0 aliphatic carbocycles. The largest absolute Gasteiger partial charge is 0.478 e. The summed E-state index contributed by atoms with van der Waals surface area (Å²) in [5.74, 6) is -0.111. The van der Waals surface area contributed by atoms with Gasteiger partial charge >= 0.3 is 12.0 Å². The number of nitrogens with zero attached hydrogens (tertiary/aromatic N) is 1. The zero-order valence-electron chi connectivity index (χ0n) is 12.3. The third-order valence-corrected chi connectivity index (χ3v) is 4.90. The van der Waals surface area contributed by atoms with Crippen LogP contribution < -0.4 is 5.32 Å². The van der Waals surface area contributed by atoms with E-state index in [2.05, 4.69) is 12.2 Å². The summed E-state index contributed by atoms with van der Waals surface area (Å²) in [5.41, 5.74) is 1.33. The lowest BCUT2D eigenvalue weighted by molar-refractivity contribution is 0.0698. The number of nitrogens with one attached hydrogen (secondary N) is 1. The van der Waals surface area contributed by atoms with E-state index in [1.165, 1.54) is 0 Å². The molecule has 1 saturated heterocycles. The number of amides is 2. The fourth-order valence-electron chi connectivity index (χ4n) is 2.29. The molecule has 2 rings (SSSR count). The summed E-state index contributed by atoms with van der Waals surface area (Å²) < 4.78 is 0. The van der Waals surface area contributed by atoms with Crippen molar-refractivity contribution in [3.63, 3.8) is 0 Å².